The van der Waals surface area contributed by atoms with Gasteiger partial charge in [-0.15, -0.1) is 0 Å². The van der Waals surface area contributed by atoms with E-state index in [2.05, 4.69) is 15.0 Å². The first-order valence-electron chi connectivity index (χ1n) is 3.49. The number of anilines is 1. The number of aromatic amines is 1. The fraction of sp³-hybridized carbons (Fsp3) is 0.167. The zero-order valence-electron chi connectivity index (χ0n) is 6.81. The average Bonchev–Trinajstić information content (AvgIpc) is 2.47. The van der Waals surface area contributed by atoms with E-state index >= 15 is 0 Å². The molecule has 0 bridgehead atoms. The highest BCUT2D eigenvalue weighted by molar-refractivity contribution is 5.69. The number of aromatic nitrogens is 4. The van der Waals surface area contributed by atoms with Crippen LogP contribution < -0.4 is 16.1 Å². The number of imidazole rings is 1. The molecule has 2 aromatic rings. The van der Waals surface area contributed by atoms with Crippen LogP contribution in [-0.2, 0) is 0 Å². The topological polar surface area (TPSA) is 98.8 Å². The van der Waals surface area contributed by atoms with Crippen LogP contribution in [0.2, 0.25) is 0 Å². The van der Waals surface area contributed by atoms with Crippen molar-refractivity contribution >= 4 is 17.1 Å². The summed E-state index contributed by atoms with van der Waals surface area (Å²) in [6, 6.07) is 0. The minimum absolute atomic E-state index is 0.0406. The summed E-state index contributed by atoms with van der Waals surface area (Å²) in [6.45, 7) is 0. The van der Waals surface area contributed by atoms with Crippen LogP contribution in [-0.4, -0.2) is 26.8 Å². The van der Waals surface area contributed by atoms with E-state index in [1.54, 1.807) is 0 Å². The standard InChI is InChI=1S/C6H7N5O2/c1-13-11-2-8-4-3(11)5(12)10-6(7)9-4/h2H,1H3,(H3,7,9,10,12). The molecule has 0 fully saturated rings. The number of hydrogen-bond donors (Lipinski definition) is 2. The molecule has 3 N–H and O–H groups in total. The van der Waals surface area contributed by atoms with Gasteiger partial charge >= 0.3 is 0 Å². The molecule has 7 heteroatoms. The molecular formula is C6H7N5O2. The maximum absolute atomic E-state index is 11.3. The summed E-state index contributed by atoms with van der Waals surface area (Å²) in [6.07, 6.45) is 1.35. The highest BCUT2D eigenvalue weighted by Crippen LogP contribution is 2.02. The highest BCUT2D eigenvalue weighted by Gasteiger charge is 2.08. The number of fused-ring (bicyclic) bond motifs is 1. The lowest BCUT2D eigenvalue weighted by Gasteiger charge is -1.98. The SMILES string of the molecule is COn1cnc2nc(N)[nH]c(=O)c21. The van der Waals surface area contributed by atoms with E-state index in [9.17, 15) is 4.79 Å². The number of H-pyrrole nitrogens is 1. The largest absolute Gasteiger partial charge is 0.415 e. The summed E-state index contributed by atoms with van der Waals surface area (Å²) in [5.41, 5.74) is 5.46. The van der Waals surface area contributed by atoms with Crippen molar-refractivity contribution < 1.29 is 4.84 Å². The summed E-state index contributed by atoms with van der Waals surface area (Å²) in [4.78, 5) is 26.2. The van der Waals surface area contributed by atoms with Crippen molar-refractivity contribution in [3.63, 3.8) is 0 Å². The molecular weight excluding hydrogens is 174 g/mol. The Labute approximate surface area is 72.1 Å². The van der Waals surface area contributed by atoms with E-state index in [1.807, 2.05) is 0 Å². The van der Waals surface area contributed by atoms with Crippen LogP contribution in [0.15, 0.2) is 11.1 Å². The number of nitrogen functional groups attached to an aromatic ring is 1. The molecule has 0 radical (unpaired) electrons. The van der Waals surface area contributed by atoms with Gasteiger partial charge in [0.25, 0.3) is 5.56 Å². The predicted molar refractivity (Wildman–Crippen MR) is 45.1 cm³/mol. The van der Waals surface area contributed by atoms with Gasteiger partial charge in [0, 0.05) is 0 Å². The smallest absolute Gasteiger partial charge is 0.282 e. The molecule has 2 aromatic heterocycles. The molecule has 2 rings (SSSR count). The molecule has 0 unspecified atom stereocenters. The first kappa shape index (κ1) is 7.59. The van der Waals surface area contributed by atoms with Crippen LogP contribution in [0, 0.1) is 0 Å². The molecule has 68 valence electrons. The molecule has 2 heterocycles. The lowest BCUT2D eigenvalue weighted by atomic mass is 10.5. The van der Waals surface area contributed by atoms with Crippen LogP contribution in [0.3, 0.4) is 0 Å². The monoisotopic (exact) mass is 181 g/mol. The molecule has 7 nitrogen and oxygen atoms in total. The number of nitrogens with one attached hydrogen (secondary N) is 1. The van der Waals surface area contributed by atoms with Crippen LogP contribution in [0.25, 0.3) is 11.2 Å². The van der Waals surface area contributed by atoms with Crippen LogP contribution >= 0.6 is 0 Å². The van der Waals surface area contributed by atoms with Crippen molar-refractivity contribution in [2.24, 2.45) is 0 Å². The molecule has 13 heavy (non-hydrogen) atoms. The second kappa shape index (κ2) is 2.47. The minimum Gasteiger partial charge on any atom is -0.415 e. The summed E-state index contributed by atoms with van der Waals surface area (Å²) in [5, 5.41) is 0. The van der Waals surface area contributed by atoms with Gasteiger partial charge in [0.15, 0.2) is 11.2 Å². The molecule has 0 amide bonds. The molecule has 0 saturated heterocycles. The predicted octanol–water partition coefficient (Wildman–Crippen LogP) is -1.24. The van der Waals surface area contributed by atoms with Crippen molar-refractivity contribution in [3.05, 3.63) is 16.7 Å². The van der Waals surface area contributed by atoms with Crippen molar-refractivity contribution in [1.82, 2.24) is 19.7 Å². The van der Waals surface area contributed by atoms with E-state index in [0.29, 0.717) is 0 Å². The molecule has 0 aliphatic carbocycles. The van der Waals surface area contributed by atoms with E-state index in [4.69, 9.17) is 10.6 Å². The normalized spacial score (nSPS) is 10.5. The Hall–Kier alpha value is -2.05. The Balaban J connectivity index is 2.90. The average molecular weight is 181 g/mol. The van der Waals surface area contributed by atoms with Crippen molar-refractivity contribution in [2.45, 2.75) is 0 Å². The number of hydrogen-bond acceptors (Lipinski definition) is 5. The van der Waals surface area contributed by atoms with Crippen LogP contribution in [0.1, 0.15) is 0 Å². The zero-order valence-corrected chi connectivity index (χ0v) is 6.81. The van der Waals surface area contributed by atoms with Crippen LogP contribution in [0.4, 0.5) is 5.95 Å². The van der Waals surface area contributed by atoms with E-state index in [0.717, 1.165) is 0 Å². The maximum Gasteiger partial charge on any atom is 0.282 e. The van der Waals surface area contributed by atoms with Gasteiger partial charge in [0.2, 0.25) is 5.95 Å². The molecule has 0 aliphatic rings. The second-order valence-electron chi connectivity index (χ2n) is 2.38. The first-order valence-corrected chi connectivity index (χ1v) is 3.49. The third kappa shape index (κ3) is 1.01. The Morgan fingerprint density at radius 2 is 2.46 bits per heavy atom. The van der Waals surface area contributed by atoms with Gasteiger partial charge in [-0.25, -0.2) is 4.98 Å². The van der Waals surface area contributed by atoms with Gasteiger partial charge in [-0.3, -0.25) is 9.78 Å². The maximum atomic E-state index is 11.3. The van der Waals surface area contributed by atoms with Gasteiger partial charge in [0.05, 0.1) is 0 Å². The zero-order chi connectivity index (χ0) is 9.42. The summed E-state index contributed by atoms with van der Waals surface area (Å²) in [7, 11) is 1.43. The Bertz CT molecular complexity index is 499. The van der Waals surface area contributed by atoms with E-state index < -0.39 is 0 Å². The first-order chi connectivity index (χ1) is 6.22. The quantitative estimate of drug-likeness (QED) is 0.573. The lowest BCUT2D eigenvalue weighted by molar-refractivity contribution is 0.177. The fourth-order valence-corrected chi connectivity index (χ4v) is 1.06. The fourth-order valence-electron chi connectivity index (χ4n) is 1.06. The van der Waals surface area contributed by atoms with E-state index in [1.165, 1.54) is 18.2 Å². The third-order valence-electron chi connectivity index (χ3n) is 1.60. The Morgan fingerprint density at radius 1 is 1.69 bits per heavy atom. The second-order valence-corrected chi connectivity index (χ2v) is 2.38. The Morgan fingerprint density at radius 3 is 3.15 bits per heavy atom. The molecule has 0 spiro atoms. The molecule has 0 saturated carbocycles. The van der Waals surface area contributed by atoms with Crippen molar-refractivity contribution in [2.75, 3.05) is 12.8 Å². The number of nitrogens with two attached hydrogens (primary N) is 1. The highest BCUT2D eigenvalue weighted by atomic mass is 16.6. The van der Waals surface area contributed by atoms with Gasteiger partial charge in [-0.05, 0) is 0 Å². The minimum atomic E-state index is -0.373. The molecule has 0 aromatic carbocycles. The van der Waals surface area contributed by atoms with Gasteiger partial charge in [-0.1, -0.05) is 0 Å². The summed E-state index contributed by atoms with van der Waals surface area (Å²) in [5.74, 6) is 0.0406. The Kier molecular flexibility index (Phi) is 1.44. The van der Waals surface area contributed by atoms with Gasteiger partial charge in [0.1, 0.15) is 13.4 Å². The lowest BCUT2D eigenvalue weighted by Crippen LogP contribution is -2.16. The number of rotatable bonds is 1. The van der Waals surface area contributed by atoms with Gasteiger partial charge < -0.3 is 10.6 Å². The summed E-state index contributed by atoms with van der Waals surface area (Å²) >= 11 is 0. The van der Waals surface area contributed by atoms with Gasteiger partial charge in [-0.2, -0.15) is 9.71 Å². The molecule has 0 aliphatic heterocycles. The van der Waals surface area contributed by atoms with E-state index in [-0.39, 0.29) is 22.7 Å². The molecule has 0 atom stereocenters. The van der Waals surface area contributed by atoms with Crippen molar-refractivity contribution in [3.8, 4) is 0 Å². The summed E-state index contributed by atoms with van der Waals surface area (Å²) < 4.78 is 1.22. The third-order valence-corrected chi connectivity index (χ3v) is 1.60. The van der Waals surface area contributed by atoms with Crippen LogP contribution in [0.5, 0.6) is 0 Å². The van der Waals surface area contributed by atoms with Crippen molar-refractivity contribution in [1.29, 1.82) is 0 Å². The number of nitrogens with zero attached hydrogens (tertiary/aromatic N) is 3.